The summed E-state index contributed by atoms with van der Waals surface area (Å²) >= 11 is 0. The Kier molecular flexibility index (Phi) is 5.66. The summed E-state index contributed by atoms with van der Waals surface area (Å²) in [4.78, 5) is 10.3. The van der Waals surface area contributed by atoms with E-state index in [1.807, 2.05) is 0 Å². The van der Waals surface area contributed by atoms with Crippen molar-refractivity contribution in [1.29, 1.82) is 0 Å². The van der Waals surface area contributed by atoms with Crippen molar-refractivity contribution in [3.05, 3.63) is 29.8 Å². The van der Waals surface area contributed by atoms with Crippen molar-refractivity contribution in [2.24, 2.45) is 0 Å². The minimum Gasteiger partial charge on any atom is -0.481 e. The Hall–Kier alpha value is -1.72. The number of nitrogens with one attached hydrogen (secondary N) is 1. The van der Waals surface area contributed by atoms with Crippen molar-refractivity contribution in [2.75, 3.05) is 11.9 Å². The molecule has 0 aromatic heterocycles. The van der Waals surface area contributed by atoms with E-state index in [0.29, 0.717) is 18.7 Å². The fraction of sp³-hybridized carbons (Fsp3) is 0.462. The molecule has 3 nitrogen and oxygen atoms in total. The predicted octanol–water partition coefficient (Wildman–Crippen LogP) is 3.76. The molecule has 19 heavy (non-hydrogen) atoms. The minimum atomic E-state index is -4.31. The van der Waals surface area contributed by atoms with Crippen molar-refractivity contribution < 1.29 is 23.1 Å². The summed E-state index contributed by atoms with van der Waals surface area (Å²) in [6.07, 6.45) is -1.98. The predicted molar refractivity (Wildman–Crippen MR) is 66.0 cm³/mol. The number of carboxylic acids is 1. The third-order valence-corrected chi connectivity index (χ3v) is 2.61. The molecule has 1 aromatic rings. The number of rotatable bonds is 7. The van der Waals surface area contributed by atoms with Gasteiger partial charge in [0.05, 0.1) is 5.56 Å². The zero-order valence-corrected chi connectivity index (χ0v) is 10.3. The lowest BCUT2D eigenvalue weighted by Gasteiger charge is -2.09. The summed E-state index contributed by atoms with van der Waals surface area (Å²) in [7, 11) is 0. The van der Waals surface area contributed by atoms with Crippen molar-refractivity contribution in [3.63, 3.8) is 0 Å². The van der Waals surface area contributed by atoms with E-state index >= 15 is 0 Å². The van der Waals surface area contributed by atoms with Gasteiger partial charge in [-0.1, -0.05) is 6.42 Å². The van der Waals surface area contributed by atoms with Crippen LogP contribution in [0.15, 0.2) is 24.3 Å². The monoisotopic (exact) mass is 275 g/mol. The van der Waals surface area contributed by atoms with Crippen LogP contribution in [0.4, 0.5) is 18.9 Å². The lowest BCUT2D eigenvalue weighted by molar-refractivity contribution is -0.138. The average Bonchev–Trinajstić information content (AvgIpc) is 2.32. The summed E-state index contributed by atoms with van der Waals surface area (Å²) in [5.74, 6) is -0.810. The lowest BCUT2D eigenvalue weighted by Crippen LogP contribution is -2.06. The first kappa shape index (κ1) is 15.3. The molecule has 0 heterocycles. The van der Waals surface area contributed by atoms with Crippen LogP contribution in [0.2, 0.25) is 0 Å². The summed E-state index contributed by atoms with van der Waals surface area (Å²) in [5, 5.41) is 11.4. The zero-order chi connectivity index (χ0) is 14.3. The number of hydrogen-bond donors (Lipinski definition) is 2. The molecule has 1 aromatic carbocycles. The standard InChI is InChI=1S/C13H16F3NO2/c14-13(15,16)10-5-7-11(8-6-10)17-9-3-1-2-4-12(18)19/h5-8,17H,1-4,9H2,(H,18,19). The third kappa shape index (κ3) is 6.13. The molecular weight excluding hydrogens is 259 g/mol. The molecule has 0 aliphatic carbocycles. The van der Waals surface area contributed by atoms with Crippen LogP contribution in [0.3, 0.4) is 0 Å². The van der Waals surface area contributed by atoms with E-state index in [0.717, 1.165) is 25.0 Å². The van der Waals surface area contributed by atoms with Gasteiger partial charge in [-0.05, 0) is 37.1 Å². The summed E-state index contributed by atoms with van der Waals surface area (Å²) in [5.41, 5.74) is -0.0363. The highest BCUT2D eigenvalue weighted by Gasteiger charge is 2.29. The van der Waals surface area contributed by atoms with Gasteiger partial charge in [-0.3, -0.25) is 4.79 Å². The summed E-state index contributed by atoms with van der Waals surface area (Å²) < 4.78 is 36.9. The van der Waals surface area contributed by atoms with Crippen LogP contribution in [0.5, 0.6) is 0 Å². The van der Waals surface area contributed by atoms with E-state index in [2.05, 4.69) is 5.32 Å². The molecule has 106 valence electrons. The van der Waals surface area contributed by atoms with Gasteiger partial charge >= 0.3 is 12.1 Å². The zero-order valence-electron chi connectivity index (χ0n) is 10.3. The molecule has 0 aliphatic rings. The fourth-order valence-corrected chi connectivity index (χ4v) is 1.59. The van der Waals surface area contributed by atoms with E-state index < -0.39 is 17.7 Å². The first-order chi connectivity index (χ1) is 8.89. The van der Waals surface area contributed by atoms with E-state index in [1.165, 1.54) is 12.1 Å². The highest BCUT2D eigenvalue weighted by Crippen LogP contribution is 2.29. The first-order valence-electron chi connectivity index (χ1n) is 6.02. The SMILES string of the molecule is O=C(O)CCCCCNc1ccc(C(F)(F)F)cc1. The molecule has 0 bridgehead atoms. The third-order valence-electron chi connectivity index (χ3n) is 2.61. The van der Waals surface area contributed by atoms with E-state index in [9.17, 15) is 18.0 Å². The Morgan fingerprint density at radius 1 is 1.11 bits per heavy atom. The van der Waals surface area contributed by atoms with Gasteiger partial charge in [0.2, 0.25) is 0 Å². The van der Waals surface area contributed by atoms with Gasteiger partial charge in [0.25, 0.3) is 0 Å². The molecule has 0 amide bonds. The number of carboxylic acid groups (broad SMARTS) is 1. The molecule has 0 unspecified atom stereocenters. The largest absolute Gasteiger partial charge is 0.481 e. The van der Waals surface area contributed by atoms with Crippen LogP contribution >= 0.6 is 0 Å². The molecule has 1 rings (SSSR count). The average molecular weight is 275 g/mol. The fourth-order valence-electron chi connectivity index (χ4n) is 1.59. The van der Waals surface area contributed by atoms with Crippen LogP contribution in [0, 0.1) is 0 Å². The molecule has 0 saturated carbocycles. The maximum Gasteiger partial charge on any atom is 0.416 e. The number of unbranched alkanes of at least 4 members (excludes halogenated alkanes) is 2. The minimum absolute atomic E-state index is 0.153. The van der Waals surface area contributed by atoms with E-state index in [4.69, 9.17) is 5.11 Å². The van der Waals surface area contributed by atoms with Gasteiger partial charge in [-0.2, -0.15) is 13.2 Å². The molecule has 0 saturated heterocycles. The van der Waals surface area contributed by atoms with E-state index in [1.54, 1.807) is 0 Å². The highest BCUT2D eigenvalue weighted by molar-refractivity contribution is 5.66. The second-order valence-corrected chi connectivity index (χ2v) is 4.21. The summed E-state index contributed by atoms with van der Waals surface area (Å²) in [6.45, 7) is 0.616. The maximum atomic E-state index is 12.3. The number of carbonyl (C=O) groups is 1. The number of aliphatic carboxylic acids is 1. The van der Waals surface area contributed by atoms with Gasteiger partial charge in [0.1, 0.15) is 0 Å². The van der Waals surface area contributed by atoms with Crippen LogP contribution < -0.4 is 5.32 Å². The topological polar surface area (TPSA) is 49.3 Å². The van der Waals surface area contributed by atoms with Crippen LogP contribution in [-0.4, -0.2) is 17.6 Å². The number of alkyl halides is 3. The molecule has 0 radical (unpaired) electrons. The Morgan fingerprint density at radius 2 is 1.74 bits per heavy atom. The van der Waals surface area contributed by atoms with Crippen molar-refractivity contribution in [2.45, 2.75) is 31.9 Å². The first-order valence-corrected chi connectivity index (χ1v) is 6.02. The number of halogens is 3. The van der Waals surface area contributed by atoms with Gasteiger partial charge in [-0.25, -0.2) is 0 Å². The summed E-state index contributed by atoms with van der Waals surface area (Å²) in [6, 6.07) is 4.85. The lowest BCUT2D eigenvalue weighted by atomic mass is 10.2. The van der Waals surface area contributed by atoms with Crippen LogP contribution in [-0.2, 0) is 11.0 Å². The van der Waals surface area contributed by atoms with Crippen molar-refractivity contribution >= 4 is 11.7 Å². The van der Waals surface area contributed by atoms with E-state index in [-0.39, 0.29) is 6.42 Å². The molecule has 0 fully saturated rings. The second-order valence-electron chi connectivity index (χ2n) is 4.21. The molecular formula is C13H16F3NO2. The quantitative estimate of drug-likeness (QED) is 0.745. The Labute approximate surface area is 109 Å². The number of anilines is 1. The van der Waals surface area contributed by atoms with Crippen LogP contribution in [0.1, 0.15) is 31.2 Å². The van der Waals surface area contributed by atoms with Crippen molar-refractivity contribution in [3.8, 4) is 0 Å². The Morgan fingerprint density at radius 3 is 2.26 bits per heavy atom. The van der Waals surface area contributed by atoms with Gasteiger partial charge < -0.3 is 10.4 Å². The molecule has 0 aliphatic heterocycles. The number of benzene rings is 1. The Bertz CT molecular complexity index is 401. The second kappa shape index (κ2) is 7.01. The van der Waals surface area contributed by atoms with Gasteiger partial charge in [0, 0.05) is 18.7 Å². The smallest absolute Gasteiger partial charge is 0.416 e. The van der Waals surface area contributed by atoms with Crippen LogP contribution in [0.25, 0.3) is 0 Å². The molecule has 0 spiro atoms. The molecule has 2 N–H and O–H groups in total. The number of hydrogen-bond acceptors (Lipinski definition) is 2. The van der Waals surface area contributed by atoms with Crippen molar-refractivity contribution in [1.82, 2.24) is 0 Å². The van der Waals surface area contributed by atoms with Gasteiger partial charge in [-0.15, -0.1) is 0 Å². The molecule has 6 heteroatoms. The Balaban J connectivity index is 2.25. The highest BCUT2D eigenvalue weighted by atomic mass is 19.4. The van der Waals surface area contributed by atoms with Gasteiger partial charge in [0.15, 0.2) is 0 Å². The normalized spacial score (nSPS) is 11.3. The molecule has 0 atom stereocenters. The maximum absolute atomic E-state index is 12.3.